The lowest BCUT2D eigenvalue weighted by molar-refractivity contribution is 0.782. The number of allylic oxidation sites excluding steroid dienone is 3. The second-order valence-corrected chi connectivity index (χ2v) is 19.2. The Hall–Kier alpha value is -9.76. The molecule has 11 aromatic rings. The molecule has 0 radical (unpaired) electrons. The van der Waals surface area contributed by atoms with Gasteiger partial charge < -0.3 is 9.80 Å². The van der Waals surface area contributed by atoms with E-state index in [4.69, 9.17) is 0 Å². The van der Waals surface area contributed by atoms with Crippen LogP contribution in [0.25, 0.3) is 55.7 Å². The van der Waals surface area contributed by atoms with Crippen molar-refractivity contribution in [2.24, 2.45) is 0 Å². The summed E-state index contributed by atoms with van der Waals surface area (Å²) >= 11 is 0. The van der Waals surface area contributed by atoms with E-state index in [0.29, 0.717) is 0 Å². The first-order valence-electron chi connectivity index (χ1n) is 26.3. The van der Waals surface area contributed by atoms with E-state index in [2.05, 4.69) is 331 Å². The number of hydrogen-bond donors (Lipinski definition) is 0. The van der Waals surface area contributed by atoms with Crippen molar-refractivity contribution >= 4 is 39.6 Å². The summed E-state index contributed by atoms with van der Waals surface area (Å²) in [6, 6.07) is 110. The highest BCUT2D eigenvalue weighted by Crippen LogP contribution is 2.43. The monoisotopic (exact) mass is 972 g/mol. The van der Waals surface area contributed by atoms with Crippen LogP contribution in [-0.2, 0) is 0 Å². The van der Waals surface area contributed by atoms with Crippen LogP contribution < -0.4 is 9.80 Å². The van der Waals surface area contributed by atoms with Gasteiger partial charge in [-0.15, -0.1) is 0 Å². The van der Waals surface area contributed by atoms with Crippen LogP contribution in [0.15, 0.2) is 327 Å². The minimum absolute atomic E-state index is 0.103. The smallest absolute Gasteiger partial charge is 0.0560 e. The minimum atomic E-state index is 0.103. The summed E-state index contributed by atoms with van der Waals surface area (Å²) in [7, 11) is 0. The lowest BCUT2D eigenvalue weighted by Gasteiger charge is -2.33. The Labute approximate surface area is 447 Å². The third kappa shape index (κ3) is 10.3. The molecule has 0 saturated heterocycles. The zero-order chi connectivity index (χ0) is 50.9. The van der Waals surface area contributed by atoms with Crippen molar-refractivity contribution in [3.8, 4) is 44.5 Å². The van der Waals surface area contributed by atoms with Gasteiger partial charge in [0.05, 0.1) is 6.04 Å². The van der Waals surface area contributed by atoms with Gasteiger partial charge in [-0.1, -0.05) is 261 Å². The van der Waals surface area contributed by atoms with E-state index in [9.17, 15) is 0 Å². The lowest BCUT2D eigenvalue weighted by atomic mass is 9.82. The maximum atomic E-state index is 2.46. The van der Waals surface area contributed by atoms with Gasteiger partial charge in [0, 0.05) is 28.4 Å². The second kappa shape index (κ2) is 22.2. The predicted octanol–water partition coefficient (Wildman–Crippen LogP) is 19.9. The molecule has 1 aliphatic rings. The number of anilines is 5. The first-order chi connectivity index (χ1) is 37.7. The van der Waals surface area contributed by atoms with Crippen molar-refractivity contribution in [1.82, 2.24) is 0 Å². The number of hydrogen-bond acceptors (Lipinski definition) is 2. The highest BCUT2D eigenvalue weighted by atomic mass is 15.2. The van der Waals surface area contributed by atoms with Crippen LogP contribution >= 0.6 is 0 Å². The molecule has 0 aliphatic heterocycles. The molecule has 1 unspecified atom stereocenters. The lowest BCUT2D eigenvalue weighted by Crippen LogP contribution is -2.30. The number of benzene rings is 11. The molecular weight excluding hydrogens is 917 g/mol. The van der Waals surface area contributed by atoms with E-state index in [-0.39, 0.29) is 6.04 Å². The van der Waals surface area contributed by atoms with E-state index in [1.54, 1.807) is 0 Å². The van der Waals surface area contributed by atoms with E-state index in [1.807, 2.05) is 0 Å². The van der Waals surface area contributed by atoms with Crippen LogP contribution in [0.2, 0.25) is 0 Å². The van der Waals surface area contributed by atoms with Crippen molar-refractivity contribution in [2.45, 2.75) is 12.5 Å². The molecule has 0 bridgehead atoms. The summed E-state index contributed by atoms with van der Waals surface area (Å²) in [5.74, 6) is 0. The van der Waals surface area contributed by atoms with Gasteiger partial charge >= 0.3 is 0 Å². The van der Waals surface area contributed by atoms with Crippen molar-refractivity contribution in [2.75, 3.05) is 9.80 Å². The van der Waals surface area contributed by atoms with Crippen LogP contribution in [0.5, 0.6) is 0 Å². The van der Waals surface area contributed by atoms with Gasteiger partial charge in [-0.3, -0.25) is 0 Å². The van der Waals surface area contributed by atoms with E-state index < -0.39 is 0 Å². The van der Waals surface area contributed by atoms with Crippen LogP contribution in [0, 0.1) is 0 Å². The third-order valence-corrected chi connectivity index (χ3v) is 14.5. The zero-order valence-corrected chi connectivity index (χ0v) is 42.3. The molecule has 0 fully saturated rings. The molecule has 1 aliphatic carbocycles. The molecule has 0 N–H and O–H groups in total. The van der Waals surface area contributed by atoms with Crippen LogP contribution in [0.1, 0.15) is 23.1 Å². The molecule has 12 rings (SSSR count). The number of rotatable bonds is 14. The molecule has 11 aromatic carbocycles. The van der Waals surface area contributed by atoms with E-state index >= 15 is 0 Å². The predicted molar refractivity (Wildman–Crippen MR) is 322 cm³/mol. The largest absolute Gasteiger partial charge is 0.334 e. The average molecular weight is 973 g/mol. The molecule has 0 spiro atoms. The fourth-order valence-corrected chi connectivity index (χ4v) is 10.6. The van der Waals surface area contributed by atoms with E-state index in [0.717, 1.165) is 40.2 Å². The summed E-state index contributed by atoms with van der Waals surface area (Å²) in [6.45, 7) is 0. The first kappa shape index (κ1) is 47.3. The SMILES string of the molecule is C1=CC(N(c2ccccc2)c2ccccc2)CC=C1C(=C(c1ccc(-c2ccc(-c3ccccc3)cc2)cc1)c1ccc(-c2ccc(-c3ccccc3)cc2)cc1)c1ccc(N(c2ccccc2)c2ccccc2)cc1. The fourth-order valence-electron chi connectivity index (χ4n) is 10.6. The summed E-state index contributed by atoms with van der Waals surface area (Å²) in [6.07, 6.45) is 8.04. The minimum Gasteiger partial charge on any atom is -0.334 e. The molecule has 0 saturated carbocycles. The van der Waals surface area contributed by atoms with Gasteiger partial charge in [0.25, 0.3) is 0 Å². The van der Waals surface area contributed by atoms with Crippen molar-refractivity contribution in [3.63, 3.8) is 0 Å². The highest BCUT2D eigenvalue weighted by Gasteiger charge is 2.24. The third-order valence-electron chi connectivity index (χ3n) is 14.5. The Bertz CT molecular complexity index is 3530. The molecule has 76 heavy (non-hydrogen) atoms. The molecule has 0 amide bonds. The highest BCUT2D eigenvalue weighted by molar-refractivity contribution is 6.06. The quantitative estimate of drug-likeness (QED) is 0.100. The molecule has 2 nitrogen and oxygen atoms in total. The molecule has 362 valence electrons. The Morgan fingerprint density at radius 1 is 0.263 bits per heavy atom. The first-order valence-corrected chi connectivity index (χ1v) is 26.3. The Kier molecular flexibility index (Phi) is 13.8. The standard InChI is InChI=1S/C74H56N2/c1-7-19-55(20-8-1)57-31-35-59(36-32-57)61-39-43-63(44-40-61)73(64-45-41-62(42-46-64)60-37-33-58(34-38-60)56-21-9-2-10-22-56)74(65-47-51-71(52-48-65)75(67-23-11-3-12-24-67)68-25-13-4-14-26-68)66-49-53-72(54-50-66)76(69-27-15-5-16-28-69)70-29-17-6-18-30-70/h1-53,72H,54H2. The maximum Gasteiger partial charge on any atom is 0.0560 e. The van der Waals surface area contributed by atoms with E-state index in [1.165, 1.54) is 72.6 Å². The van der Waals surface area contributed by atoms with Crippen LogP contribution in [-0.4, -0.2) is 6.04 Å². The topological polar surface area (TPSA) is 6.48 Å². The van der Waals surface area contributed by atoms with Crippen molar-refractivity contribution in [3.05, 3.63) is 344 Å². The molecular formula is C74H56N2. The second-order valence-electron chi connectivity index (χ2n) is 19.2. The van der Waals surface area contributed by atoms with Crippen LogP contribution in [0.4, 0.5) is 28.4 Å². The normalized spacial score (nSPS) is 12.8. The van der Waals surface area contributed by atoms with Gasteiger partial charge in [0.15, 0.2) is 0 Å². The van der Waals surface area contributed by atoms with Gasteiger partial charge in [-0.05, 0) is 145 Å². The molecule has 0 heterocycles. The summed E-state index contributed by atoms with van der Waals surface area (Å²) in [5, 5.41) is 0. The summed E-state index contributed by atoms with van der Waals surface area (Å²) in [5.41, 5.74) is 22.1. The molecule has 0 aromatic heterocycles. The summed E-state index contributed by atoms with van der Waals surface area (Å²) in [4.78, 5) is 4.79. The van der Waals surface area contributed by atoms with Crippen molar-refractivity contribution < 1.29 is 0 Å². The Balaban J connectivity index is 0.998. The van der Waals surface area contributed by atoms with Gasteiger partial charge in [0.2, 0.25) is 0 Å². The summed E-state index contributed by atoms with van der Waals surface area (Å²) < 4.78 is 0. The van der Waals surface area contributed by atoms with Gasteiger partial charge in [-0.25, -0.2) is 0 Å². The Morgan fingerprint density at radius 2 is 0.539 bits per heavy atom. The molecule has 2 heteroatoms. The van der Waals surface area contributed by atoms with Crippen molar-refractivity contribution in [1.29, 1.82) is 0 Å². The number of para-hydroxylation sites is 4. The number of nitrogens with zero attached hydrogens (tertiary/aromatic N) is 2. The Morgan fingerprint density at radius 3 is 0.882 bits per heavy atom. The fraction of sp³-hybridized carbons (Fsp3) is 0.0270. The average Bonchev–Trinajstić information content (AvgIpc) is 3.52. The molecule has 1 atom stereocenters. The van der Waals surface area contributed by atoms with Gasteiger partial charge in [-0.2, -0.15) is 0 Å². The maximum absolute atomic E-state index is 2.46. The van der Waals surface area contributed by atoms with Crippen LogP contribution in [0.3, 0.4) is 0 Å². The zero-order valence-electron chi connectivity index (χ0n) is 42.3. The van der Waals surface area contributed by atoms with Gasteiger partial charge in [0.1, 0.15) is 0 Å².